The van der Waals surface area contributed by atoms with E-state index in [0.29, 0.717) is 44.0 Å². The highest BCUT2D eigenvalue weighted by Gasteiger charge is 2.24. The maximum absolute atomic E-state index is 12.2. The van der Waals surface area contributed by atoms with Crippen molar-refractivity contribution >= 4 is 23.4 Å². The van der Waals surface area contributed by atoms with Crippen LogP contribution in [0.15, 0.2) is 24.5 Å². The second kappa shape index (κ2) is 6.52. The lowest BCUT2D eigenvalue weighted by Crippen LogP contribution is -2.50. The Morgan fingerprint density at radius 2 is 1.68 bits per heavy atom. The second-order valence-electron chi connectivity index (χ2n) is 4.35. The average molecular weight is 282 g/mol. The van der Waals surface area contributed by atoms with Crippen molar-refractivity contribution in [1.29, 1.82) is 0 Å². The van der Waals surface area contributed by atoms with Crippen LogP contribution in [0.5, 0.6) is 0 Å². The Morgan fingerprint density at radius 3 is 2.26 bits per heavy atom. The first-order valence-corrected chi connectivity index (χ1v) is 6.79. The lowest BCUT2D eigenvalue weighted by atomic mass is 10.2. The molecule has 1 aliphatic heterocycles. The first kappa shape index (κ1) is 13.8. The zero-order chi connectivity index (χ0) is 13.7. The molecule has 2 amide bonds. The largest absolute Gasteiger partial charge is 0.339 e. The molecule has 5 nitrogen and oxygen atoms in total. The number of hydrogen-bond donors (Lipinski definition) is 0. The molecular weight excluding hydrogens is 266 g/mol. The zero-order valence-electron chi connectivity index (χ0n) is 10.6. The molecular formula is C13H16ClN3O2. The molecule has 1 aliphatic rings. The molecule has 0 N–H and O–H groups in total. The zero-order valence-corrected chi connectivity index (χ0v) is 11.3. The highest BCUT2D eigenvalue weighted by Crippen LogP contribution is 2.09. The highest BCUT2D eigenvalue weighted by atomic mass is 35.5. The van der Waals surface area contributed by atoms with Crippen molar-refractivity contribution in [3.05, 3.63) is 30.1 Å². The fraction of sp³-hybridized carbons (Fsp3) is 0.462. The number of aromatic nitrogens is 1. The van der Waals surface area contributed by atoms with Gasteiger partial charge in [-0.15, -0.1) is 11.6 Å². The molecule has 102 valence electrons. The number of carbonyl (C=O) groups excluding carboxylic acids is 2. The fourth-order valence-electron chi connectivity index (χ4n) is 2.07. The standard InChI is InChI=1S/C13H16ClN3O2/c14-4-1-12(18)16-7-9-17(10-8-16)13(19)11-2-5-15-6-3-11/h2-3,5-6H,1,4,7-10H2. The molecule has 1 aromatic rings. The van der Waals surface area contributed by atoms with E-state index in [-0.39, 0.29) is 11.8 Å². The first-order chi connectivity index (χ1) is 9.22. The molecule has 0 saturated carbocycles. The molecule has 1 fully saturated rings. The molecule has 0 radical (unpaired) electrons. The third-order valence-electron chi connectivity index (χ3n) is 3.16. The number of pyridine rings is 1. The molecule has 0 spiro atoms. The third kappa shape index (κ3) is 3.44. The van der Waals surface area contributed by atoms with E-state index in [9.17, 15) is 9.59 Å². The van der Waals surface area contributed by atoms with Gasteiger partial charge in [-0.25, -0.2) is 0 Å². The summed E-state index contributed by atoms with van der Waals surface area (Å²) in [7, 11) is 0. The topological polar surface area (TPSA) is 53.5 Å². The summed E-state index contributed by atoms with van der Waals surface area (Å²) in [4.78, 5) is 31.3. The van der Waals surface area contributed by atoms with Crippen LogP contribution in [0.3, 0.4) is 0 Å². The summed E-state index contributed by atoms with van der Waals surface area (Å²) in [6, 6.07) is 3.40. The average Bonchev–Trinajstić information content (AvgIpc) is 2.48. The third-order valence-corrected chi connectivity index (χ3v) is 3.34. The number of rotatable bonds is 3. The minimum atomic E-state index is -0.00755. The van der Waals surface area contributed by atoms with Crippen molar-refractivity contribution < 1.29 is 9.59 Å². The summed E-state index contributed by atoms with van der Waals surface area (Å²) in [5.74, 6) is 0.396. The van der Waals surface area contributed by atoms with Gasteiger partial charge in [0, 0.05) is 56.4 Å². The van der Waals surface area contributed by atoms with Crippen LogP contribution >= 0.6 is 11.6 Å². The molecule has 6 heteroatoms. The Bertz CT molecular complexity index is 444. The number of halogens is 1. The van der Waals surface area contributed by atoms with Gasteiger partial charge in [0.15, 0.2) is 0 Å². The van der Waals surface area contributed by atoms with Crippen molar-refractivity contribution in [3.8, 4) is 0 Å². The monoisotopic (exact) mass is 281 g/mol. The van der Waals surface area contributed by atoms with Gasteiger partial charge in [-0.2, -0.15) is 0 Å². The summed E-state index contributed by atoms with van der Waals surface area (Å²) in [5, 5.41) is 0. The number of amides is 2. The van der Waals surface area contributed by atoms with E-state index in [1.807, 2.05) is 0 Å². The van der Waals surface area contributed by atoms with Crippen LogP contribution in [-0.4, -0.2) is 58.7 Å². The summed E-state index contributed by atoms with van der Waals surface area (Å²) in [5.41, 5.74) is 0.635. The molecule has 19 heavy (non-hydrogen) atoms. The highest BCUT2D eigenvalue weighted by molar-refractivity contribution is 6.18. The van der Waals surface area contributed by atoms with Crippen molar-refractivity contribution in [2.24, 2.45) is 0 Å². The van der Waals surface area contributed by atoms with Gasteiger partial charge in [0.25, 0.3) is 5.91 Å². The van der Waals surface area contributed by atoms with Crippen LogP contribution in [0.4, 0.5) is 0 Å². The second-order valence-corrected chi connectivity index (χ2v) is 4.73. The fourth-order valence-corrected chi connectivity index (χ4v) is 2.24. The summed E-state index contributed by atoms with van der Waals surface area (Å²) in [6.07, 6.45) is 3.57. The minimum Gasteiger partial charge on any atom is -0.339 e. The summed E-state index contributed by atoms with van der Waals surface area (Å²) >= 11 is 5.56. The SMILES string of the molecule is O=C(CCCl)N1CCN(C(=O)c2ccncc2)CC1. The van der Waals surface area contributed by atoms with Gasteiger partial charge in [-0.1, -0.05) is 0 Å². The van der Waals surface area contributed by atoms with E-state index < -0.39 is 0 Å². The van der Waals surface area contributed by atoms with Gasteiger partial charge in [0.2, 0.25) is 5.91 Å². The quantitative estimate of drug-likeness (QED) is 0.777. The molecule has 0 bridgehead atoms. The molecule has 0 aromatic carbocycles. The minimum absolute atomic E-state index is 0.00755. The number of hydrogen-bond acceptors (Lipinski definition) is 3. The predicted molar refractivity (Wildman–Crippen MR) is 72.1 cm³/mol. The number of alkyl halides is 1. The maximum Gasteiger partial charge on any atom is 0.254 e. The van der Waals surface area contributed by atoms with E-state index in [0.717, 1.165) is 0 Å². The molecule has 2 heterocycles. The van der Waals surface area contributed by atoms with Gasteiger partial charge >= 0.3 is 0 Å². The van der Waals surface area contributed by atoms with Crippen LogP contribution in [0.2, 0.25) is 0 Å². The Balaban J connectivity index is 1.90. The Labute approximate surface area is 117 Å². The van der Waals surface area contributed by atoms with Crippen molar-refractivity contribution in [2.75, 3.05) is 32.1 Å². The molecule has 1 aromatic heterocycles. The van der Waals surface area contributed by atoms with Crippen LogP contribution in [0, 0.1) is 0 Å². The molecule has 2 rings (SSSR count). The van der Waals surface area contributed by atoms with Crippen molar-refractivity contribution in [2.45, 2.75) is 6.42 Å². The lowest BCUT2D eigenvalue weighted by Gasteiger charge is -2.34. The molecule has 0 unspecified atom stereocenters. The normalized spacial score (nSPS) is 15.4. The van der Waals surface area contributed by atoms with Crippen LogP contribution in [-0.2, 0) is 4.79 Å². The van der Waals surface area contributed by atoms with Gasteiger partial charge in [-0.05, 0) is 12.1 Å². The van der Waals surface area contributed by atoms with Gasteiger partial charge in [0.1, 0.15) is 0 Å². The number of carbonyl (C=O) groups is 2. The Hall–Kier alpha value is -1.62. The van der Waals surface area contributed by atoms with Gasteiger partial charge < -0.3 is 9.80 Å². The van der Waals surface area contributed by atoms with E-state index in [1.54, 1.807) is 34.3 Å². The van der Waals surface area contributed by atoms with E-state index in [1.165, 1.54) is 0 Å². The van der Waals surface area contributed by atoms with E-state index >= 15 is 0 Å². The molecule has 0 aliphatic carbocycles. The smallest absolute Gasteiger partial charge is 0.254 e. The predicted octanol–water partition coefficient (Wildman–Crippen LogP) is 0.995. The maximum atomic E-state index is 12.2. The van der Waals surface area contributed by atoms with Crippen LogP contribution < -0.4 is 0 Å². The van der Waals surface area contributed by atoms with E-state index in [2.05, 4.69) is 4.98 Å². The molecule has 0 atom stereocenters. The van der Waals surface area contributed by atoms with E-state index in [4.69, 9.17) is 11.6 Å². The first-order valence-electron chi connectivity index (χ1n) is 6.25. The van der Waals surface area contributed by atoms with Gasteiger partial charge in [0.05, 0.1) is 0 Å². The van der Waals surface area contributed by atoms with Crippen LogP contribution in [0.1, 0.15) is 16.8 Å². The summed E-state index contributed by atoms with van der Waals surface area (Å²) < 4.78 is 0. The lowest BCUT2D eigenvalue weighted by molar-refractivity contribution is -0.132. The Morgan fingerprint density at radius 1 is 1.11 bits per heavy atom. The van der Waals surface area contributed by atoms with Crippen LogP contribution in [0.25, 0.3) is 0 Å². The van der Waals surface area contributed by atoms with Crippen molar-refractivity contribution in [1.82, 2.24) is 14.8 Å². The number of piperazine rings is 1. The summed E-state index contributed by atoms with van der Waals surface area (Å²) in [6.45, 7) is 2.28. The van der Waals surface area contributed by atoms with Gasteiger partial charge in [-0.3, -0.25) is 14.6 Å². The molecule has 1 saturated heterocycles. The van der Waals surface area contributed by atoms with Crippen molar-refractivity contribution in [3.63, 3.8) is 0 Å². The number of nitrogens with zero attached hydrogens (tertiary/aromatic N) is 3. The Kier molecular flexibility index (Phi) is 4.74.